The lowest BCUT2D eigenvalue weighted by molar-refractivity contribution is 0.282. The molecule has 0 bridgehead atoms. The molecule has 1 aliphatic heterocycles. The Balaban J connectivity index is 1.93. The second-order valence-electron chi connectivity index (χ2n) is 5.58. The zero-order valence-corrected chi connectivity index (χ0v) is 12.6. The molecule has 1 aliphatic rings. The number of unbranched alkanes of at least 4 members (excludes halogenated alkanes) is 3. The van der Waals surface area contributed by atoms with Gasteiger partial charge in [0.05, 0.1) is 0 Å². The van der Waals surface area contributed by atoms with Crippen molar-refractivity contribution in [2.75, 3.05) is 31.1 Å². The van der Waals surface area contributed by atoms with Crippen molar-refractivity contribution in [3.63, 3.8) is 0 Å². The van der Waals surface area contributed by atoms with Crippen LogP contribution in [0.4, 0.5) is 5.69 Å². The van der Waals surface area contributed by atoms with Crippen molar-refractivity contribution in [1.29, 1.82) is 0 Å². The molecular formula is C17H28N2O. The third kappa shape index (κ3) is 3.97. The van der Waals surface area contributed by atoms with Crippen molar-refractivity contribution in [3.05, 3.63) is 29.8 Å². The van der Waals surface area contributed by atoms with Gasteiger partial charge in [0, 0.05) is 31.4 Å². The number of nitrogens with zero attached hydrogens (tertiary/aromatic N) is 1. The average molecular weight is 276 g/mol. The van der Waals surface area contributed by atoms with Crippen LogP contribution in [0.1, 0.15) is 50.6 Å². The van der Waals surface area contributed by atoms with Gasteiger partial charge in [0.2, 0.25) is 0 Å². The quantitative estimate of drug-likeness (QED) is 0.716. The van der Waals surface area contributed by atoms with Gasteiger partial charge in [-0.15, -0.1) is 0 Å². The Morgan fingerprint density at radius 3 is 2.80 bits per heavy atom. The van der Waals surface area contributed by atoms with E-state index in [-0.39, 0.29) is 0 Å². The van der Waals surface area contributed by atoms with Crippen LogP contribution >= 0.6 is 0 Å². The summed E-state index contributed by atoms with van der Waals surface area (Å²) in [6.45, 7) is 5.82. The van der Waals surface area contributed by atoms with Crippen LogP contribution in [0.25, 0.3) is 0 Å². The molecule has 1 aromatic rings. The predicted octanol–water partition coefficient (Wildman–Crippen LogP) is 3.10. The van der Waals surface area contributed by atoms with Gasteiger partial charge in [-0.2, -0.15) is 0 Å². The Bertz CT molecular complexity index is 394. The summed E-state index contributed by atoms with van der Waals surface area (Å²) in [6.07, 6.45) is 5.72. The molecule has 0 spiro atoms. The van der Waals surface area contributed by atoms with Crippen LogP contribution in [0.5, 0.6) is 0 Å². The zero-order valence-electron chi connectivity index (χ0n) is 12.6. The molecule has 1 atom stereocenters. The normalized spacial score (nSPS) is 18.1. The lowest BCUT2D eigenvalue weighted by Crippen LogP contribution is -2.36. The number of anilines is 1. The molecule has 0 fully saturated rings. The van der Waals surface area contributed by atoms with E-state index >= 15 is 0 Å². The standard InChI is InChI=1S/C17H28N2O/c1-2-18-16-11-13-19(12-7-3-4-8-14-20)17-10-6-5-9-15(16)17/h5-6,9-10,16,18,20H,2-4,7-8,11-14H2,1H3. The first kappa shape index (κ1) is 15.3. The van der Waals surface area contributed by atoms with Gasteiger partial charge in [0.15, 0.2) is 0 Å². The van der Waals surface area contributed by atoms with Gasteiger partial charge in [0.25, 0.3) is 0 Å². The Morgan fingerprint density at radius 1 is 1.20 bits per heavy atom. The number of aliphatic hydroxyl groups excluding tert-OH is 1. The van der Waals surface area contributed by atoms with Crippen molar-refractivity contribution in [2.24, 2.45) is 0 Å². The van der Waals surface area contributed by atoms with Crippen LogP contribution < -0.4 is 10.2 Å². The van der Waals surface area contributed by atoms with Crippen molar-refractivity contribution >= 4 is 5.69 Å². The molecule has 0 saturated heterocycles. The van der Waals surface area contributed by atoms with E-state index in [2.05, 4.69) is 41.4 Å². The fourth-order valence-corrected chi connectivity index (χ4v) is 3.09. The number of fused-ring (bicyclic) bond motifs is 1. The molecule has 0 saturated carbocycles. The molecule has 2 N–H and O–H groups in total. The van der Waals surface area contributed by atoms with Crippen LogP contribution in [-0.4, -0.2) is 31.3 Å². The van der Waals surface area contributed by atoms with Gasteiger partial charge in [-0.25, -0.2) is 0 Å². The molecule has 0 aromatic heterocycles. The second-order valence-corrected chi connectivity index (χ2v) is 5.58. The van der Waals surface area contributed by atoms with Gasteiger partial charge in [-0.1, -0.05) is 38.0 Å². The van der Waals surface area contributed by atoms with Crippen molar-refractivity contribution in [3.8, 4) is 0 Å². The third-order valence-electron chi connectivity index (χ3n) is 4.13. The molecule has 1 heterocycles. The smallest absolute Gasteiger partial charge is 0.0431 e. The maximum Gasteiger partial charge on any atom is 0.0431 e. The zero-order chi connectivity index (χ0) is 14.2. The molecular weight excluding hydrogens is 248 g/mol. The third-order valence-corrected chi connectivity index (χ3v) is 4.13. The van der Waals surface area contributed by atoms with E-state index in [1.165, 1.54) is 30.5 Å². The van der Waals surface area contributed by atoms with Gasteiger partial charge >= 0.3 is 0 Å². The highest BCUT2D eigenvalue weighted by Gasteiger charge is 2.23. The van der Waals surface area contributed by atoms with Crippen LogP contribution in [0, 0.1) is 0 Å². The SMILES string of the molecule is CCNC1CCN(CCCCCCO)c2ccccc21. The lowest BCUT2D eigenvalue weighted by Gasteiger charge is -2.36. The summed E-state index contributed by atoms with van der Waals surface area (Å²) in [5, 5.41) is 12.4. The second kappa shape index (κ2) is 8.28. The molecule has 3 nitrogen and oxygen atoms in total. The fraction of sp³-hybridized carbons (Fsp3) is 0.647. The van der Waals surface area contributed by atoms with E-state index in [9.17, 15) is 0 Å². The number of rotatable bonds is 8. The molecule has 20 heavy (non-hydrogen) atoms. The van der Waals surface area contributed by atoms with Crippen molar-refractivity contribution in [1.82, 2.24) is 5.32 Å². The topological polar surface area (TPSA) is 35.5 Å². The summed E-state index contributed by atoms with van der Waals surface area (Å²) in [5.74, 6) is 0. The highest BCUT2D eigenvalue weighted by Crippen LogP contribution is 2.33. The lowest BCUT2D eigenvalue weighted by atomic mass is 9.96. The number of aliphatic hydroxyl groups is 1. The Morgan fingerprint density at radius 2 is 2.00 bits per heavy atom. The summed E-state index contributed by atoms with van der Waals surface area (Å²) in [4.78, 5) is 2.53. The Hall–Kier alpha value is -1.06. The summed E-state index contributed by atoms with van der Waals surface area (Å²) >= 11 is 0. The van der Waals surface area contributed by atoms with Crippen LogP contribution in [0.3, 0.4) is 0 Å². The number of nitrogens with one attached hydrogen (secondary N) is 1. The van der Waals surface area contributed by atoms with Gasteiger partial charge in [-0.05, 0) is 37.4 Å². The Kier molecular flexibility index (Phi) is 6.34. The number of hydrogen-bond acceptors (Lipinski definition) is 3. The molecule has 3 heteroatoms. The maximum absolute atomic E-state index is 8.81. The minimum absolute atomic E-state index is 0.330. The molecule has 2 rings (SSSR count). The summed E-state index contributed by atoms with van der Waals surface area (Å²) in [5.41, 5.74) is 2.86. The summed E-state index contributed by atoms with van der Waals surface area (Å²) in [7, 11) is 0. The number of hydrogen-bond donors (Lipinski definition) is 2. The predicted molar refractivity (Wildman–Crippen MR) is 85.2 cm³/mol. The minimum Gasteiger partial charge on any atom is -0.396 e. The largest absolute Gasteiger partial charge is 0.396 e. The van der Waals surface area contributed by atoms with E-state index in [1.54, 1.807) is 0 Å². The molecule has 0 radical (unpaired) electrons. The van der Waals surface area contributed by atoms with E-state index < -0.39 is 0 Å². The summed E-state index contributed by atoms with van der Waals surface area (Å²) < 4.78 is 0. The maximum atomic E-state index is 8.81. The monoisotopic (exact) mass is 276 g/mol. The van der Waals surface area contributed by atoms with Gasteiger partial charge in [-0.3, -0.25) is 0 Å². The first-order chi connectivity index (χ1) is 9.86. The van der Waals surface area contributed by atoms with Crippen molar-refractivity contribution in [2.45, 2.75) is 45.1 Å². The highest BCUT2D eigenvalue weighted by molar-refractivity contribution is 5.56. The first-order valence-electron chi connectivity index (χ1n) is 8.05. The fourth-order valence-electron chi connectivity index (χ4n) is 3.09. The molecule has 1 unspecified atom stereocenters. The van der Waals surface area contributed by atoms with Gasteiger partial charge < -0.3 is 15.3 Å². The molecule has 112 valence electrons. The summed E-state index contributed by atoms with van der Waals surface area (Å²) in [6, 6.07) is 9.33. The first-order valence-corrected chi connectivity index (χ1v) is 8.05. The van der Waals surface area contributed by atoms with Crippen LogP contribution in [-0.2, 0) is 0 Å². The molecule has 0 aliphatic carbocycles. The number of benzene rings is 1. The Labute approximate surface area is 123 Å². The molecule has 1 aromatic carbocycles. The van der Waals surface area contributed by atoms with E-state index in [0.717, 1.165) is 32.5 Å². The van der Waals surface area contributed by atoms with E-state index in [4.69, 9.17) is 5.11 Å². The minimum atomic E-state index is 0.330. The van der Waals surface area contributed by atoms with Crippen LogP contribution in [0.15, 0.2) is 24.3 Å². The van der Waals surface area contributed by atoms with Crippen molar-refractivity contribution < 1.29 is 5.11 Å². The van der Waals surface area contributed by atoms with E-state index in [1.807, 2.05) is 0 Å². The van der Waals surface area contributed by atoms with E-state index in [0.29, 0.717) is 12.6 Å². The van der Waals surface area contributed by atoms with Gasteiger partial charge in [0.1, 0.15) is 0 Å². The highest BCUT2D eigenvalue weighted by atomic mass is 16.2. The number of para-hydroxylation sites is 1. The average Bonchev–Trinajstić information content (AvgIpc) is 2.49. The van der Waals surface area contributed by atoms with Crippen LogP contribution in [0.2, 0.25) is 0 Å². The molecule has 0 amide bonds.